The summed E-state index contributed by atoms with van der Waals surface area (Å²) in [7, 11) is 0. The number of hydrogen-bond donors (Lipinski definition) is 2. The molecule has 6 aromatic rings. The first-order valence-electron chi connectivity index (χ1n) is 21.3. The van der Waals surface area contributed by atoms with Crippen molar-refractivity contribution in [2.45, 2.75) is 37.9 Å². The molecule has 2 saturated heterocycles. The molecule has 4 heterocycles. The normalized spacial score (nSPS) is 13.8. The number of fused-ring (bicyclic) bond motifs is 2. The zero-order valence-corrected chi connectivity index (χ0v) is 37.5. The summed E-state index contributed by atoms with van der Waals surface area (Å²) >= 11 is 3.52. The summed E-state index contributed by atoms with van der Waals surface area (Å²) in [5.41, 5.74) is 3.72. The Morgan fingerprint density at radius 3 is 1.55 bits per heavy atom. The Labute approximate surface area is 385 Å². The second-order valence-electron chi connectivity index (χ2n) is 15.3. The van der Waals surface area contributed by atoms with Crippen molar-refractivity contribution in [2.24, 2.45) is 0 Å². The molecule has 0 atom stereocenters. The molecule has 0 unspecified atom stereocenters. The van der Waals surface area contributed by atoms with Gasteiger partial charge < -0.3 is 34.1 Å². The number of carboxylic acid groups (broad SMARTS) is 2. The predicted molar refractivity (Wildman–Crippen MR) is 251 cm³/mol. The summed E-state index contributed by atoms with van der Waals surface area (Å²) in [4.78, 5) is 59.3. The maximum absolute atomic E-state index is 12.2. The van der Waals surface area contributed by atoms with Crippen molar-refractivity contribution in [3.8, 4) is 0 Å². The number of nitrogens with zero attached hydrogens (tertiary/aromatic N) is 2. The third kappa shape index (κ3) is 16.1. The van der Waals surface area contributed by atoms with Gasteiger partial charge in [-0.3, -0.25) is 9.69 Å². The molecule has 15 heteroatoms. The van der Waals surface area contributed by atoms with E-state index in [0.717, 1.165) is 52.1 Å². The first-order valence-corrected chi connectivity index (χ1v) is 23.1. The molecule has 2 aliphatic heterocycles. The highest BCUT2D eigenvalue weighted by Gasteiger charge is 2.33. The number of carbonyl (C=O) groups excluding carboxylic acids is 3. The van der Waals surface area contributed by atoms with E-state index in [1.807, 2.05) is 24.3 Å². The van der Waals surface area contributed by atoms with E-state index < -0.39 is 11.9 Å². The highest BCUT2D eigenvalue weighted by Crippen LogP contribution is 2.23. The molecule has 2 fully saturated rings. The van der Waals surface area contributed by atoms with Gasteiger partial charge in [-0.2, -0.15) is 0 Å². The number of carbonyl (C=O) groups is 5. The number of ether oxygens (including phenoxy) is 4. The average molecular weight is 921 g/mol. The van der Waals surface area contributed by atoms with Gasteiger partial charge in [-0.25, -0.2) is 19.2 Å². The van der Waals surface area contributed by atoms with Crippen LogP contribution >= 0.6 is 22.7 Å². The van der Waals surface area contributed by atoms with Crippen LogP contribution in [0.4, 0.5) is 0 Å². The molecule has 8 rings (SSSR count). The molecule has 0 radical (unpaired) electrons. The Balaban J connectivity index is 0.000000185. The van der Waals surface area contributed by atoms with Crippen LogP contribution in [0.2, 0.25) is 0 Å². The SMILES string of the molecule is O=C(O)/C=C\C(=O)O.O=C(OC1CN(C(=O)CCOCCc2ccc3sccc3c2)C1)c1ccccc1.O=C(OC1CN(CCCOCCc2ccc3sccc3c2)C1)c1ccccc1. The molecule has 0 aliphatic carbocycles. The van der Waals surface area contributed by atoms with E-state index in [0.29, 0.717) is 56.0 Å². The Bertz CT molecular complexity index is 2480. The minimum Gasteiger partial charge on any atom is -0.478 e. The monoisotopic (exact) mass is 920 g/mol. The number of aliphatic carboxylic acids is 2. The Morgan fingerprint density at radius 2 is 1.06 bits per heavy atom. The van der Waals surface area contributed by atoms with Crippen LogP contribution in [0.3, 0.4) is 0 Å². The van der Waals surface area contributed by atoms with E-state index in [1.54, 1.807) is 64.0 Å². The van der Waals surface area contributed by atoms with Crippen LogP contribution in [0.5, 0.6) is 0 Å². The lowest BCUT2D eigenvalue weighted by Gasteiger charge is -2.38. The molecule has 0 bridgehead atoms. The van der Waals surface area contributed by atoms with Gasteiger partial charge in [0.05, 0.1) is 50.5 Å². The van der Waals surface area contributed by atoms with E-state index >= 15 is 0 Å². The van der Waals surface area contributed by atoms with Crippen molar-refractivity contribution < 1.29 is 53.1 Å². The molecule has 2 aromatic heterocycles. The minimum atomic E-state index is -1.26. The highest BCUT2D eigenvalue weighted by molar-refractivity contribution is 7.17. The lowest BCUT2D eigenvalue weighted by molar-refractivity contribution is -0.143. The maximum Gasteiger partial charge on any atom is 0.338 e. The number of amides is 1. The number of thiophene rings is 2. The molecular weight excluding hydrogens is 869 g/mol. The molecule has 340 valence electrons. The molecule has 65 heavy (non-hydrogen) atoms. The number of esters is 2. The molecular formula is C50H52N2O11S2. The summed E-state index contributed by atoms with van der Waals surface area (Å²) in [5.74, 6) is -3.04. The maximum atomic E-state index is 12.2. The van der Waals surface area contributed by atoms with Crippen LogP contribution in [0.15, 0.2) is 132 Å². The quantitative estimate of drug-likeness (QED) is 0.0457. The topological polar surface area (TPSA) is 169 Å². The van der Waals surface area contributed by atoms with Crippen molar-refractivity contribution in [1.82, 2.24) is 9.80 Å². The number of likely N-dealkylation sites (tertiary alicyclic amines) is 2. The highest BCUT2D eigenvalue weighted by atomic mass is 32.1. The summed E-state index contributed by atoms with van der Waals surface area (Å²) in [6.07, 6.45) is 4.05. The summed E-state index contributed by atoms with van der Waals surface area (Å²) in [5, 5.41) is 22.4. The van der Waals surface area contributed by atoms with Gasteiger partial charge in [0.15, 0.2) is 0 Å². The lowest BCUT2D eigenvalue weighted by atomic mass is 10.1. The van der Waals surface area contributed by atoms with Crippen molar-refractivity contribution in [1.29, 1.82) is 0 Å². The molecule has 0 saturated carbocycles. The number of benzene rings is 4. The fourth-order valence-electron chi connectivity index (χ4n) is 6.86. The van der Waals surface area contributed by atoms with E-state index in [-0.39, 0.29) is 30.1 Å². The first-order chi connectivity index (χ1) is 31.6. The van der Waals surface area contributed by atoms with Crippen LogP contribution in [0.1, 0.15) is 44.7 Å². The van der Waals surface area contributed by atoms with Gasteiger partial charge in [0.2, 0.25) is 5.91 Å². The van der Waals surface area contributed by atoms with Gasteiger partial charge in [-0.05, 0) is 100 Å². The first kappa shape index (κ1) is 48.2. The van der Waals surface area contributed by atoms with Crippen LogP contribution in [0, 0.1) is 0 Å². The molecule has 0 spiro atoms. The Morgan fingerprint density at radius 1 is 0.585 bits per heavy atom. The van der Waals surface area contributed by atoms with Crippen LogP contribution in [0.25, 0.3) is 20.2 Å². The Kier molecular flexibility index (Phi) is 18.8. The van der Waals surface area contributed by atoms with E-state index in [4.69, 9.17) is 29.2 Å². The molecule has 13 nitrogen and oxygen atoms in total. The molecule has 4 aromatic carbocycles. The van der Waals surface area contributed by atoms with Crippen LogP contribution in [-0.4, -0.2) is 121 Å². The zero-order valence-electron chi connectivity index (χ0n) is 35.8. The summed E-state index contributed by atoms with van der Waals surface area (Å²) < 4.78 is 25.0. The smallest absolute Gasteiger partial charge is 0.338 e. The number of hydrogen-bond acceptors (Lipinski definition) is 12. The van der Waals surface area contributed by atoms with E-state index in [1.165, 1.54) is 31.3 Å². The third-order valence-corrected chi connectivity index (χ3v) is 12.2. The average Bonchev–Trinajstić information content (AvgIpc) is 3.97. The van der Waals surface area contributed by atoms with Gasteiger partial charge in [0.25, 0.3) is 0 Å². The predicted octanol–water partition coefficient (Wildman–Crippen LogP) is 8.02. The van der Waals surface area contributed by atoms with Gasteiger partial charge in [-0.15, -0.1) is 22.7 Å². The largest absolute Gasteiger partial charge is 0.478 e. The second kappa shape index (κ2) is 25.3. The summed E-state index contributed by atoms with van der Waals surface area (Å²) in [6.45, 7) is 6.07. The molecule has 2 aliphatic rings. The van der Waals surface area contributed by atoms with Crippen LogP contribution < -0.4 is 0 Å². The molecule has 2 N–H and O–H groups in total. The van der Waals surface area contributed by atoms with Crippen LogP contribution in [-0.2, 0) is 46.2 Å². The Hall–Kier alpha value is -6.23. The fourth-order valence-corrected chi connectivity index (χ4v) is 8.40. The van der Waals surface area contributed by atoms with Crippen molar-refractivity contribution in [2.75, 3.05) is 59.2 Å². The lowest BCUT2D eigenvalue weighted by Crippen LogP contribution is -2.55. The van der Waals surface area contributed by atoms with Gasteiger partial charge in [0.1, 0.15) is 12.2 Å². The van der Waals surface area contributed by atoms with Gasteiger partial charge >= 0.3 is 23.9 Å². The number of rotatable bonds is 19. The van der Waals surface area contributed by atoms with Crippen molar-refractivity contribution in [3.63, 3.8) is 0 Å². The second-order valence-corrected chi connectivity index (χ2v) is 17.2. The summed E-state index contributed by atoms with van der Waals surface area (Å²) in [6, 6.07) is 35.5. The van der Waals surface area contributed by atoms with E-state index in [9.17, 15) is 24.0 Å². The van der Waals surface area contributed by atoms with E-state index in [2.05, 4.69) is 64.2 Å². The fraction of sp³-hybridized carbons (Fsp3) is 0.300. The third-order valence-electron chi connectivity index (χ3n) is 10.4. The molecule has 1 amide bonds. The van der Waals surface area contributed by atoms with Gasteiger partial charge in [-0.1, -0.05) is 60.7 Å². The minimum absolute atomic E-state index is 0.0145. The van der Waals surface area contributed by atoms with Gasteiger partial charge in [0, 0.05) is 47.8 Å². The van der Waals surface area contributed by atoms with Crippen molar-refractivity contribution in [3.05, 3.63) is 154 Å². The standard InChI is InChI=1S/C23H23NO4S.C23H25NO3S.C4H4O4/c25-22(24-15-20(16-24)28-23(26)18-4-2-1-3-5-18)9-12-27-11-8-17-6-7-21-19(14-17)10-13-29-21;25-23(19-5-2-1-3-6-19)27-21-16-24(17-21)11-4-12-26-13-9-18-7-8-22-20(15-18)10-14-28-22;5-3(6)1-2-4(7)8/h1-7,10,13-14,20H,8-9,11-12,15-16H2;1-3,5-8,10,14-15,21H,4,9,11-13,16-17H2;1-2H,(H,5,6)(H,7,8)/b;;2-1-. The number of carboxylic acids is 2. The van der Waals surface area contributed by atoms with Crippen molar-refractivity contribution >= 4 is 72.6 Å². The zero-order chi connectivity index (χ0) is 45.8.